The average molecular weight is 287 g/mol. The van der Waals surface area contributed by atoms with Gasteiger partial charge in [-0.1, -0.05) is 13.8 Å². The number of hydrogen-bond donors (Lipinski definition) is 2. The molecule has 6 heteroatoms. The first kappa shape index (κ1) is 13.6. The van der Waals surface area contributed by atoms with Crippen LogP contribution in [0.4, 0.5) is 5.69 Å². The molecular weight excluding hydrogens is 270 g/mol. The van der Waals surface area contributed by atoms with Crippen LogP contribution in [0.15, 0.2) is 23.9 Å². The summed E-state index contributed by atoms with van der Waals surface area (Å²) in [4.78, 5) is 29.3. The summed E-state index contributed by atoms with van der Waals surface area (Å²) in [5, 5.41) is 9.36. The second kappa shape index (κ2) is 4.31. The Morgan fingerprint density at radius 2 is 2.24 bits per heavy atom. The zero-order valence-electron chi connectivity index (χ0n) is 11.9. The van der Waals surface area contributed by atoms with E-state index in [4.69, 9.17) is 5.73 Å². The number of carbonyl (C=O) groups is 2. The number of amides is 1. The Balaban J connectivity index is 1.91. The second-order valence-electron chi connectivity index (χ2n) is 6.28. The van der Waals surface area contributed by atoms with Crippen LogP contribution in [-0.4, -0.2) is 39.0 Å². The molecule has 2 fully saturated rings. The van der Waals surface area contributed by atoms with Gasteiger partial charge in [0.2, 0.25) is 0 Å². The Labute approximate surface area is 122 Å². The molecular formula is C15H17N3O3. The summed E-state index contributed by atoms with van der Waals surface area (Å²) in [7, 11) is 0. The highest BCUT2D eigenvalue weighted by molar-refractivity contribution is 6.08. The molecule has 2 saturated heterocycles. The summed E-state index contributed by atoms with van der Waals surface area (Å²) < 4.78 is 0. The van der Waals surface area contributed by atoms with Crippen LogP contribution in [0.25, 0.3) is 6.08 Å². The number of carbonyl (C=O) groups excluding carboxylic acids is 1. The Bertz CT molecular complexity index is 649. The van der Waals surface area contributed by atoms with Crippen molar-refractivity contribution in [2.75, 3.05) is 5.73 Å². The number of fused-ring (bicyclic) bond motifs is 1. The molecule has 3 N–H and O–H groups in total. The zero-order chi connectivity index (χ0) is 15.4. The van der Waals surface area contributed by atoms with Crippen LogP contribution in [-0.2, 0) is 9.59 Å². The third-order valence-corrected chi connectivity index (χ3v) is 4.26. The molecule has 110 valence electrons. The van der Waals surface area contributed by atoms with Gasteiger partial charge in [-0.2, -0.15) is 0 Å². The fourth-order valence-corrected chi connectivity index (χ4v) is 3.28. The van der Waals surface area contributed by atoms with Crippen molar-refractivity contribution in [3.05, 3.63) is 29.6 Å². The lowest BCUT2D eigenvalue weighted by molar-refractivity contribution is -0.154. The Morgan fingerprint density at radius 3 is 2.81 bits per heavy atom. The number of carboxylic acids is 1. The number of anilines is 1. The molecule has 2 aliphatic rings. The van der Waals surface area contributed by atoms with Gasteiger partial charge in [0.15, 0.2) is 0 Å². The van der Waals surface area contributed by atoms with E-state index in [9.17, 15) is 14.7 Å². The van der Waals surface area contributed by atoms with Crippen LogP contribution in [0.2, 0.25) is 0 Å². The molecule has 1 amide bonds. The first-order valence-electron chi connectivity index (χ1n) is 6.80. The zero-order valence-corrected chi connectivity index (χ0v) is 11.9. The summed E-state index contributed by atoms with van der Waals surface area (Å²) in [5.74, 6) is -1.16. The van der Waals surface area contributed by atoms with E-state index >= 15 is 0 Å². The highest BCUT2D eigenvalue weighted by Gasteiger charge is 2.60. The monoisotopic (exact) mass is 287 g/mol. The van der Waals surface area contributed by atoms with E-state index in [1.807, 2.05) is 13.8 Å². The topological polar surface area (TPSA) is 96.5 Å². The van der Waals surface area contributed by atoms with Gasteiger partial charge in [0.05, 0.1) is 23.6 Å². The van der Waals surface area contributed by atoms with E-state index in [-0.39, 0.29) is 11.9 Å². The molecule has 0 spiro atoms. The van der Waals surface area contributed by atoms with Crippen molar-refractivity contribution in [3.63, 3.8) is 0 Å². The number of rotatable bonds is 2. The molecule has 0 bridgehead atoms. The molecule has 0 aromatic carbocycles. The smallest absolute Gasteiger partial charge is 0.327 e. The van der Waals surface area contributed by atoms with E-state index in [1.165, 1.54) is 11.1 Å². The van der Waals surface area contributed by atoms with Crippen LogP contribution in [0.1, 0.15) is 26.0 Å². The minimum Gasteiger partial charge on any atom is -0.480 e. The molecule has 1 aromatic heterocycles. The van der Waals surface area contributed by atoms with Crippen molar-refractivity contribution in [2.45, 2.75) is 32.4 Å². The second-order valence-corrected chi connectivity index (χ2v) is 6.28. The predicted octanol–water partition coefficient (Wildman–Crippen LogP) is 1.14. The number of aliphatic carboxylic acids is 1. The van der Waals surface area contributed by atoms with E-state index in [2.05, 4.69) is 4.98 Å². The van der Waals surface area contributed by atoms with Gasteiger partial charge in [0, 0.05) is 5.57 Å². The number of β-lactam (4-membered cyclic amide) rings is 1. The number of aromatic nitrogens is 1. The van der Waals surface area contributed by atoms with Crippen molar-refractivity contribution >= 4 is 23.6 Å². The SMILES string of the molecule is CC1(C)CC2C(=Cc3ccc(N)cn3)C(=O)N2C1C(=O)O. The summed E-state index contributed by atoms with van der Waals surface area (Å²) in [6.07, 6.45) is 3.91. The lowest BCUT2D eigenvalue weighted by atomic mass is 9.83. The van der Waals surface area contributed by atoms with Crippen LogP contribution in [0.5, 0.6) is 0 Å². The third kappa shape index (κ3) is 1.98. The van der Waals surface area contributed by atoms with Crippen molar-refractivity contribution in [1.82, 2.24) is 9.88 Å². The van der Waals surface area contributed by atoms with Crippen molar-refractivity contribution in [2.24, 2.45) is 5.41 Å². The summed E-state index contributed by atoms with van der Waals surface area (Å²) in [5.41, 5.74) is 6.99. The Morgan fingerprint density at radius 1 is 1.52 bits per heavy atom. The Kier molecular flexibility index (Phi) is 2.79. The lowest BCUT2D eigenvalue weighted by Gasteiger charge is -2.40. The maximum atomic E-state index is 12.3. The fraction of sp³-hybridized carbons (Fsp3) is 0.400. The minimum atomic E-state index is -0.944. The van der Waals surface area contributed by atoms with Crippen molar-refractivity contribution in [3.8, 4) is 0 Å². The average Bonchev–Trinajstić information content (AvgIpc) is 2.66. The van der Waals surface area contributed by atoms with Gasteiger partial charge in [-0.05, 0) is 30.0 Å². The van der Waals surface area contributed by atoms with Gasteiger partial charge < -0.3 is 15.7 Å². The van der Waals surface area contributed by atoms with E-state index in [0.29, 0.717) is 23.4 Å². The van der Waals surface area contributed by atoms with Crippen LogP contribution >= 0.6 is 0 Å². The Hall–Kier alpha value is -2.37. The lowest BCUT2D eigenvalue weighted by Crippen LogP contribution is -2.57. The molecule has 21 heavy (non-hydrogen) atoms. The molecule has 0 radical (unpaired) electrons. The van der Waals surface area contributed by atoms with Gasteiger partial charge in [-0.15, -0.1) is 0 Å². The molecule has 0 saturated carbocycles. The fourth-order valence-electron chi connectivity index (χ4n) is 3.28. The van der Waals surface area contributed by atoms with Gasteiger partial charge in [-0.25, -0.2) is 4.79 Å². The minimum absolute atomic E-state index is 0.132. The molecule has 3 rings (SSSR count). The molecule has 0 aliphatic carbocycles. The number of nitrogens with two attached hydrogens (primary N) is 1. The number of hydrogen-bond acceptors (Lipinski definition) is 4. The van der Waals surface area contributed by atoms with E-state index in [0.717, 1.165) is 0 Å². The molecule has 3 heterocycles. The number of pyridine rings is 1. The van der Waals surface area contributed by atoms with Gasteiger partial charge in [0.1, 0.15) is 6.04 Å². The largest absolute Gasteiger partial charge is 0.480 e. The highest BCUT2D eigenvalue weighted by Crippen LogP contribution is 2.49. The summed E-state index contributed by atoms with van der Waals surface area (Å²) in [6.45, 7) is 3.77. The third-order valence-electron chi connectivity index (χ3n) is 4.26. The maximum absolute atomic E-state index is 12.3. The standard InChI is InChI=1S/C15H17N3O3/c1-15(2)6-11-10(5-9-4-3-8(16)7-17-9)13(19)18(11)12(15)14(20)21/h3-5,7,11-12H,6,16H2,1-2H3,(H,20,21). The molecule has 1 aromatic rings. The molecule has 6 nitrogen and oxygen atoms in total. The number of nitrogen functional groups attached to an aromatic ring is 1. The summed E-state index contributed by atoms with van der Waals surface area (Å²) >= 11 is 0. The molecule has 2 aliphatic heterocycles. The predicted molar refractivity (Wildman–Crippen MR) is 77.1 cm³/mol. The van der Waals surface area contributed by atoms with E-state index < -0.39 is 17.4 Å². The molecule has 2 atom stereocenters. The van der Waals surface area contributed by atoms with Crippen LogP contribution in [0, 0.1) is 5.41 Å². The molecule has 2 unspecified atom stereocenters. The van der Waals surface area contributed by atoms with E-state index in [1.54, 1.807) is 18.2 Å². The van der Waals surface area contributed by atoms with Crippen molar-refractivity contribution < 1.29 is 14.7 Å². The van der Waals surface area contributed by atoms with Gasteiger partial charge in [-0.3, -0.25) is 9.78 Å². The van der Waals surface area contributed by atoms with Crippen LogP contribution in [0.3, 0.4) is 0 Å². The van der Waals surface area contributed by atoms with Crippen molar-refractivity contribution in [1.29, 1.82) is 0 Å². The first-order valence-corrected chi connectivity index (χ1v) is 6.80. The van der Waals surface area contributed by atoms with Gasteiger partial charge >= 0.3 is 5.97 Å². The summed E-state index contributed by atoms with van der Waals surface area (Å²) in [6, 6.07) is 2.57. The first-order chi connectivity index (χ1) is 9.81. The normalized spacial score (nSPS) is 28.4. The quantitative estimate of drug-likeness (QED) is 0.628. The maximum Gasteiger partial charge on any atom is 0.327 e. The van der Waals surface area contributed by atoms with Gasteiger partial charge in [0.25, 0.3) is 5.91 Å². The van der Waals surface area contributed by atoms with Crippen LogP contribution < -0.4 is 5.73 Å². The number of nitrogens with zero attached hydrogens (tertiary/aromatic N) is 2. The number of carboxylic acid groups (broad SMARTS) is 1. The highest BCUT2D eigenvalue weighted by atomic mass is 16.4.